The van der Waals surface area contributed by atoms with E-state index in [2.05, 4.69) is 26.1 Å². The number of hydrogen-bond donors (Lipinski definition) is 2. The molecule has 0 amide bonds. The SMILES string of the molecule is CC(C)(C)C1CCC(CNCCCCO)CC1. The Hall–Kier alpha value is -0.0800. The second kappa shape index (κ2) is 7.38. The standard InChI is InChI=1S/C15H31NO/c1-15(2,3)14-8-6-13(7-9-14)12-16-10-4-5-11-17/h13-14,16-17H,4-12H2,1-3H3. The predicted octanol–water partition coefficient (Wildman–Crippen LogP) is 3.20. The molecule has 1 saturated carbocycles. The molecule has 0 aromatic carbocycles. The molecule has 17 heavy (non-hydrogen) atoms. The number of aliphatic hydroxyl groups excluding tert-OH is 1. The van der Waals surface area contributed by atoms with Gasteiger partial charge in [0, 0.05) is 6.61 Å². The molecule has 1 aliphatic rings. The molecule has 0 spiro atoms. The van der Waals surface area contributed by atoms with Crippen molar-refractivity contribution in [1.82, 2.24) is 5.32 Å². The van der Waals surface area contributed by atoms with Crippen LogP contribution in [0, 0.1) is 17.3 Å². The Kier molecular flexibility index (Phi) is 6.50. The largest absolute Gasteiger partial charge is 0.396 e. The second-order valence-corrected chi connectivity index (χ2v) is 6.72. The number of unbranched alkanes of at least 4 members (excludes halogenated alkanes) is 1. The van der Waals surface area contributed by atoms with Gasteiger partial charge in [-0.15, -0.1) is 0 Å². The zero-order chi connectivity index (χ0) is 12.7. The van der Waals surface area contributed by atoms with Crippen LogP contribution in [0.25, 0.3) is 0 Å². The van der Waals surface area contributed by atoms with Crippen molar-refractivity contribution >= 4 is 0 Å². The van der Waals surface area contributed by atoms with E-state index in [0.717, 1.165) is 31.2 Å². The van der Waals surface area contributed by atoms with E-state index >= 15 is 0 Å². The lowest BCUT2D eigenvalue weighted by atomic mass is 9.70. The average Bonchev–Trinajstić information content (AvgIpc) is 2.28. The molecular weight excluding hydrogens is 210 g/mol. The molecule has 2 N–H and O–H groups in total. The van der Waals surface area contributed by atoms with Gasteiger partial charge in [0.2, 0.25) is 0 Å². The van der Waals surface area contributed by atoms with Gasteiger partial charge >= 0.3 is 0 Å². The van der Waals surface area contributed by atoms with Gasteiger partial charge in [-0.2, -0.15) is 0 Å². The summed E-state index contributed by atoms with van der Waals surface area (Å²) < 4.78 is 0. The summed E-state index contributed by atoms with van der Waals surface area (Å²) in [6, 6.07) is 0. The molecule has 1 aliphatic carbocycles. The fourth-order valence-corrected chi connectivity index (χ4v) is 2.90. The highest BCUT2D eigenvalue weighted by molar-refractivity contribution is 4.81. The maximum Gasteiger partial charge on any atom is 0.0431 e. The highest BCUT2D eigenvalue weighted by Gasteiger charge is 2.29. The van der Waals surface area contributed by atoms with Crippen LogP contribution in [-0.2, 0) is 0 Å². The van der Waals surface area contributed by atoms with Gasteiger partial charge in [-0.25, -0.2) is 0 Å². The van der Waals surface area contributed by atoms with Crippen molar-refractivity contribution in [2.45, 2.75) is 59.3 Å². The van der Waals surface area contributed by atoms with Crippen LogP contribution >= 0.6 is 0 Å². The summed E-state index contributed by atoms with van der Waals surface area (Å²) in [4.78, 5) is 0. The Bertz CT molecular complexity index is 190. The summed E-state index contributed by atoms with van der Waals surface area (Å²) in [5.74, 6) is 1.82. The maximum atomic E-state index is 8.69. The Morgan fingerprint density at radius 1 is 1.06 bits per heavy atom. The normalized spacial score (nSPS) is 26.1. The van der Waals surface area contributed by atoms with Crippen molar-refractivity contribution in [2.75, 3.05) is 19.7 Å². The van der Waals surface area contributed by atoms with Gasteiger partial charge in [0.15, 0.2) is 0 Å². The highest BCUT2D eigenvalue weighted by atomic mass is 16.2. The van der Waals surface area contributed by atoms with Crippen molar-refractivity contribution < 1.29 is 5.11 Å². The van der Waals surface area contributed by atoms with E-state index in [9.17, 15) is 0 Å². The number of nitrogens with one attached hydrogen (secondary N) is 1. The van der Waals surface area contributed by atoms with Crippen molar-refractivity contribution in [1.29, 1.82) is 0 Å². The lowest BCUT2D eigenvalue weighted by Crippen LogP contribution is -2.31. The number of hydrogen-bond acceptors (Lipinski definition) is 2. The van der Waals surface area contributed by atoms with Crippen LogP contribution in [0.2, 0.25) is 0 Å². The average molecular weight is 241 g/mol. The molecule has 0 unspecified atom stereocenters. The Balaban J connectivity index is 2.07. The fourth-order valence-electron chi connectivity index (χ4n) is 2.90. The van der Waals surface area contributed by atoms with Crippen LogP contribution in [0.3, 0.4) is 0 Å². The van der Waals surface area contributed by atoms with E-state index in [4.69, 9.17) is 5.11 Å². The molecule has 2 nitrogen and oxygen atoms in total. The first kappa shape index (κ1) is 15.0. The summed E-state index contributed by atoms with van der Waals surface area (Å²) in [6.07, 6.45) is 7.65. The molecule has 0 heterocycles. The topological polar surface area (TPSA) is 32.3 Å². The molecule has 0 saturated heterocycles. The van der Waals surface area contributed by atoms with E-state index in [1.807, 2.05) is 0 Å². The zero-order valence-corrected chi connectivity index (χ0v) is 12.0. The molecule has 0 aromatic heterocycles. The van der Waals surface area contributed by atoms with Gasteiger partial charge in [0.05, 0.1) is 0 Å². The van der Waals surface area contributed by atoms with Crippen molar-refractivity contribution in [3.05, 3.63) is 0 Å². The first-order chi connectivity index (χ1) is 8.04. The number of rotatable bonds is 6. The van der Waals surface area contributed by atoms with Gasteiger partial charge in [0.25, 0.3) is 0 Å². The second-order valence-electron chi connectivity index (χ2n) is 6.72. The molecule has 0 radical (unpaired) electrons. The monoisotopic (exact) mass is 241 g/mol. The quantitative estimate of drug-likeness (QED) is 0.700. The minimum atomic E-state index is 0.332. The minimum Gasteiger partial charge on any atom is -0.396 e. The Morgan fingerprint density at radius 3 is 2.24 bits per heavy atom. The van der Waals surface area contributed by atoms with Crippen LogP contribution in [0.4, 0.5) is 0 Å². The van der Waals surface area contributed by atoms with E-state index < -0.39 is 0 Å². The van der Waals surface area contributed by atoms with Crippen molar-refractivity contribution in [2.24, 2.45) is 17.3 Å². The Labute approximate surface area is 107 Å². The van der Waals surface area contributed by atoms with Crippen molar-refractivity contribution in [3.8, 4) is 0 Å². The lowest BCUT2D eigenvalue weighted by molar-refractivity contribution is 0.149. The van der Waals surface area contributed by atoms with Gasteiger partial charge < -0.3 is 10.4 Å². The van der Waals surface area contributed by atoms with Crippen molar-refractivity contribution in [3.63, 3.8) is 0 Å². The first-order valence-corrected chi connectivity index (χ1v) is 7.35. The van der Waals surface area contributed by atoms with Crippen LogP contribution in [-0.4, -0.2) is 24.8 Å². The smallest absolute Gasteiger partial charge is 0.0431 e. The molecule has 0 aromatic rings. The molecule has 0 bridgehead atoms. The summed E-state index contributed by atoms with van der Waals surface area (Å²) in [7, 11) is 0. The molecule has 2 heteroatoms. The van der Waals surface area contributed by atoms with E-state index in [1.165, 1.54) is 32.2 Å². The fraction of sp³-hybridized carbons (Fsp3) is 1.00. The lowest BCUT2D eigenvalue weighted by Gasteiger charge is -2.37. The van der Waals surface area contributed by atoms with Crippen LogP contribution < -0.4 is 5.32 Å². The van der Waals surface area contributed by atoms with Gasteiger partial charge in [-0.3, -0.25) is 0 Å². The van der Waals surface area contributed by atoms with Gasteiger partial charge in [-0.1, -0.05) is 20.8 Å². The molecule has 1 rings (SSSR count). The molecule has 0 atom stereocenters. The minimum absolute atomic E-state index is 0.332. The third kappa shape index (κ3) is 5.87. The van der Waals surface area contributed by atoms with E-state index in [-0.39, 0.29) is 0 Å². The summed E-state index contributed by atoms with van der Waals surface area (Å²) in [5, 5.41) is 12.2. The maximum absolute atomic E-state index is 8.69. The molecular formula is C15H31NO. The summed E-state index contributed by atoms with van der Waals surface area (Å²) >= 11 is 0. The van der Waals surface area contributed by atoms with E-state index in [0.29, 0.717) is 12.0 Å². The Morgan fingerprint density at radius 2 is 1.71 bits per heavy atom. The first-order valence-electron chi connectivity index (χ1n) is 7.35. The highest BCUT2D eigenvalue weighted by Crippen LogP contribution is 2.39. The van der Waals surface area contributed by atoms with E-state index in [1.54, 1.807) is 0 Å². The van der Waals surface area contributed by atoms with Crippen LogP contribution in [0.5, 0.6) is 0 Å². The van der Waals surface area contributed by atoms with Crippen LogP contribution in [0.15, 0.2) is 0 Å². The summed E-state index contributed by atoms with van der Waals surface area (Å²) in [6.45, 7) is 9.72. The third-order valence-corrected chi connectivity index (χ3v) is 4.27. The zero-order valence-electron chi connectivity index (χ0n) is 12.0. The number of aliphatic hydroxyl groups is 1. The predicted molar refractivity (Wildman–Crippen MR) is 74.1 cm³/mol. The summed E-state index contributed by atoms with van der Waals surface area (Å²) in [5.41, 5.74) is 0.500. The van der Waals surface area contributed by atoms with Crippen LogP contribution in [0.1, 0.15) is 59.3 Å². The molecule has 102 valence electrons. The molecule has 0 aliphatic heterocycles. The molecule has 1 fully saturated rings. The third-order valence-electron chi connectivity index (χ3n) is 4.27. The van der Waals surface area contributed by atoms with Gasteiger partial charge in [-0.05, 0) is 68.9 Å². The van der Waals surface area contributed by atoms with Gasteiger partial charge in [0.1, 0.15) is 0 Å².